The van der Waals surface area contributed by atoms with E-state index in [4.69, 9.17) is 38.0 Å². The summed E-state index contributed by atoms with van der Waals surface area (Å²) in [6, 6.07) is -2.69. The molecule has 0 amide bonds. The van der Waals surface area contributed by atoms with Gasteiger partial charge in [0.25, 0.3) is 0 Å². The third-order valence-corrected chi connectivity index (χ3v) is 7.26. The van der Waals surface area contributed by atoms with Crippen molar-refractivity contribution in [2.45, 2.75) is 31.4 Å². The molecular formula is C6H11Cl3OSi. The van der Waals surface area contributed by atoms with Crippen molar-refractivity contribution in [2.75, 3.05) is 6.61 Å². The number of hydrogen-bond donors (Lipinski definition) is 0. The Morgan fingerprint density at radius 1 is 1.27 bits per heavy atom. The summed E-state index contributed by atoms with van der Waals surface area (Å²) in [6.07, 6.45) is 3.08. The van der Waals surface area contributed by atoms with E-state index in [9.17, 15) is 0 Å². The molecule has 0 aromatic heterocycles. The molecule has 66 valence electrons. The van der Waals surface area contributed by atoms with Gasteiger partial charge in [0.05, 0.1) is 0 Å². The van der Waals surface area contributed by atoms with Crippen molar-refractivity contribution in [2.24, 2.45) is 0 Å². The van der Waals surface area contributed by atoms with Gasteiger partial charge in [-0.3, -0.25) is 0 Å². The Kier molecular flexibility index (Phi) is 3.15. The van der Waals surface area contributed by atoms with E-state index < -0.39 is 11.2 Å². The lowest BCUT2D eigenvalue weighted by Crippen LogP contribution is -2.49. The van der Waals surface area contributed by atoms with E-state index in [1.54, 1.807) is 0 Å². The smallest absolute Gasteiger partial charge is 0.371 e. The largest absolute Gasteiger partial charge is 0.374 e. The molecule has 1 aliphatic rings. The van der Waals surface area contributed by atoms with E-state index in [0.29, 0.717) is 0 Å². The number of ether oxygens (including phenoxy) is 1. The highest BCUT2D eigenvalue weighted by atomic mass is 35.8. The van der Waals surface area contributed by atoms with Crippen LogP contribution in [0.25, 0.3) is 0 Å². The normalized spacial score (nSPS) is 33.8. The summed E-state index contributed by atoms with van der Waals surface area (Å²) in [7, 11) is 0. The molecule has 0 N–H and O–H groups in total. The minimum absolute atomic E-state index is 0.448. The lowest BCUT2D eigenvalue weighted by atomic mass is 10.1. The summed E-state index contributed by atoms with van der Waals surface area (Å²) in [5.74, 6) is 0. The van der Waals surface area contributed by atoms with Crippen LogP contribution < -0.4 is 0 Å². The molecule has 0 aromatic carbocycles. The first kappa shape index (κ1) is 10.1. The first-order valence-electron chi connectivity index (χ1n) is 3.66. The quantitative estimate of drug-likeness (QED) is 0.499. The van der Waals surface area contributed by atoms with Crippen molar-refractivity contribution in [1.82, 2.24) is 0 Å². The van der Waals surface area contributed by atoms with E-state index in [0.717, 1.165) is 25.9 Å². The summed E-state index contributed by atoms with van der Waals surface area (Å²) in [5, 5.41) is -0.448. The van der Waals surface area contributed by atoms with Crippen LogP contribution in [0.1, 0.15) is 26.2 Å². The number of halogens is 3. The fourth-order valence-electron chi connectivity index (χ4n) is 1.16. The van der Waals surface area contributed by atoms with E-state index >= 15 is 0 Å². The maximum atomic E-state index is 5.90. The second-order valence-electron chi connectivity index (χ2n) is 3.03. The van der Waals surface area contributed by atoms with Crippen molar-refractivity contribution in [1.29, 1.82) is 0 Å². The Bertz CT molecular complexity index is 139. The van der Waals surface area contributed by atoms with Crippen LogP contribution in [-0.4, -0.2) is 17.8 Å². The first-order valence-corrected chi connectivity index (χ1v) is 8.70. The zero-order valence-corrected chi connectivity index (χ0v) is 9.64. The Balaban J connectivity index is 2.64. The monoisotopic (exact) mass is 232 g/mol. The average Bonchev–Trinajstić information content (AvgIpc) is 1.87. The van der Waals surface area contributed by atoms with Gasteiger partial charge >= 0.3 is 6.00 Å². The molecule has 0 spiro atoms. The van der Waals surface area contributed by atoms with Crippen molar-refractivity contribution in [3.8, 4) is 0 Å². The van der Waals surface area contributed by atoms with E-state index in [1.165, 1.54) is 0 Å². The summed E-state index contributed by atoms with van der Waals surface area (Å²) in [4.78, 5) is 0. The van der Waals surface area contributed by atoms with Crippen molar-refractivity contribution in [3.05, 3.63) is 0 Å². The van der Waals surface area contributed by atoms with Gasteiger partial charge in [-0.2, -0.15) is 0 Å². The summed E-state index contributed by atoms with van der Waals surface area (Å²) in [6.45, 7) is 2.64. The molecule has 0 bridgehead atoms. The predicted molar refractivity (Wildman–Crippen MR) is 51.5 cm³/mol. The summed E-state index contributed by atoms with van der Waals surface area (Å²) < 4.78 is 5.50. The van der Waals surface area contributed by atoms with E-state index in [-0.39, 0.29) is 0 Å². The molecule has 0 saturated carbocycles. The molecule has 5 heteroatoms. The highest BCUT2D eigenvalue weighted by molar-refractivity contribution is 7.65. The Morgan fingerprint density at radius 3 is 2.18 bits per heavy atom. The maximum absolute atomic E-state index is 5.90. The summed E-state index contributed by atoms with van der Waals surface area (Å²) in [5.41, 5.74) is 0. The lowest BCUT2D eigenvalue weighted by Gasteiger charge is -2.37. The minimum atomic E-state index is -2.69. The molecule has 0 aliphatic carbocycles. The van der Waals surface area contributed by atoms with Crippen LogP contribution in [0, 0.1) is 0 Å². The average molecular weight is 234 g/mol. The van der Waals surface area contributed by atoms with Gasteiger partial charge in [-0.1, -0.05) is 0 Å². The molecule has 1 atom stereocenters. The van der Waals surface area contributed by atoms with Gasteiger partial charge in [0.2, 0.25) is 0 Å². The van der Waals surface area contributed by atoms with Crippen LogP contribution in [0.3, 0.4) is 0 Å². The van der Waals surface area contributed by atoms with Crippen LogP contribution in [0.5, 0.6) is 0 Å². The van der Waals surface area contributed by atoms with Crippen LogP contribution in [-0.2, 0) is 4.74 Å². The third-order valence-electron chi connectivity index (χ3n) is 2.07. The zero-order valence-electron chi connectivity index (χ0n) is 6.37. The predicted octanol–water partition coefficient (Wildman–Crippen LogP) is 3.14. The second kappa shape index (κ2) is 3.42. The fourth-order valence-corrected chi connectivity index (χ4v) is 3.22. The molecule has 1 heterocycles. The zero-order chi connectivity index (χ0) is 8.54. The van der Waals surface area contributed by atoms with Crippen LogP contribution in [0.2, 0.25) is 0 Å². The van der Waals surface area contributed by atoms with E-state index in [1.807, 2.05) is 6.92 Å². The summed E-state index contributed by atoms with van der Waals surface area (Å²) >= 11 is 17.7. The molecular weight excluding hydrogens is 223 g/mol. The van der Waals surface area contributed by atoms with Gasteiger partial charge in [-0.25, -0.2) is 0 Å². The maximum Gasteiger partial charge on any atom is 0.371 e. The molecule has 1 rings (SSSR count). The van der Waals surface area contributed by atoms with Gasteiger partial charge in [0.15, 0.2) is 0 Å². The van der Waals surface area contributed by atoms with Crippen LogP contribution in [0.15, 0.2) is 0 Å². The van der Waals surface area contributed by atoms with Crippen LogP contribution in [0.4, 0.5) is 0 Å². The SMILES string of the molecule is CC1([Si](Cl)(Cl)Cl)CCCCO1. The van der Waals surface area contributed by atoms with Gasteiger partial charge in [-0.05, 0) is 26.2 Å². The first-order chi connectivity index (χ1) is 4.96. The minimum Gasteiger partial charge on any atom is -0.374 e. The van der Waals surface area contributed by atoms with Gasteiger partial charge < -0.3 is 4.74 Å². The molecule has 1 aliphatic heterocycles. The lowest BCUT2D eigenvalue weighted by molar-refractivity contribution is -0.00777. The van der Waals surface area contributed by atoms with Gasteiger partial charge in [-0.15, -0.1) is 33.2 Å². The fraction of sp³-hybridized carbons (Fsp3) is 1.00. The Hall–Kier alpha value is 1.05. The highest BCUT2D eigenvalue weighted by Crippen LogP contribution is 2.40. The molecule has 1 saturated heterocycles. The molecule has 0 radical (unpaired) electrons. The van der Waals surface area contributed by atoms with Crippen molar-refractivity contribution in [3.63, 3.8) is 0 Å². The molecule has 1 fully saturated rings. The number of rotatable bonds is 1. The Labute approximate surface area is 82.1 Å². The Morgan fingerprint density at radius 2 is 1.91 bits per heavy atom. The molecule has 0 aromatic rings. The van der Waals surface area contributed by atoms with Crippen molar-refractivity contribution < 1.29 is 4.74 Å². The van der Waals surface area contributed by atoms with Crippen molar-refractivity contribution >= 4 is 39.2 Å². The van der Waals surface area contributed by atoms with Gasteiger partial charge in [0.1, 0.15) is 5.22 Å². The third kappa shape index (κ3) is 2.25. The van der Waals surface area contributed by atoms with Gasteiger partial charge in [0, 0.05) is 6.61 Å². The second-order valence-corrected chi connectivity index (χ2v) is 11.9. The van der Waals surface area contributed by atoms with E-state index in [2.05, 4.69) is 0 Å². The topological polar surface area (TPSA) is 9.23 Å². The molecule has 1 unspecified atom stereocenters. The standard InChI is InChI=1S/C6H11Cl3OSi/c1-6(11(7,8)9)4-2-3-5-10-6/h2-5H2,1H3. The highest BCUT2D eigenvalue weighted by Gasteiger charge is 2.49. The molecule has 11 heavy (non-hydrogen) atoms. The molecule has 1 nitrogen and oxygen atoms in total. The number of hydrogen-bond acceptors (Lipinski definition) is 1. The van der Waals surface area contributed by atoms with Crippen LogP contribution >= 0.6 is 33.2 Å².